The second-order valence-electron chi connectivity index (χ2n) is 4.48. The van der Waals surface area contributed by atoms with Crippen molar-refractivity contribution in [2.45, 2.75) is 26.8 Å². The number of aromatic nitrogens is 1. The van der Waals surface area contributed by atoms with Gasteiger partial charge in [-0.25, -0.2) is 0 Å². The Bertz CT molecular complexity index is 498. The second-order valence-corrected chi connectivity index (χ2v) is 4.48. The molecule has 0 aliphatic heterocycles. The smallest absolute Gasteiger partial charge is 0.423 e. The van der Waals surface area contributed by atoms with Gasteiger partial charge in [0.15, 0.2) is 0 Å². The number of rotatable bonds is 3. The van der Waals surface area contributed by atoms with E-state index in [1.54, 1.807) is 18.3 Å². The number of aryl methyl sites for hydroxylation is 2. The number of nitrogens with two attached hydrogens (primary N) is 1. The van der Waals surface area contributed by atoms with Crippen LogP contribution in [-0.2, 0) is 13.0 Å². The summed E-state index contributed by atoms with van der Waals surface area (Å²) in [5, 5.41) is 17.5. The molecule has 0 amide bonds. The lowest BCUT2D eigenvalue weighted by molar-refractivity contribution is 0.426. The maximum Gasteiger partial charge on any atom is 0.488 e. The lowest BCUT2D eigenvalue weighted by atomic mass is 9.80. The summed E-state index contributed by atoms with van der Waals surface area (Å²) < 4.78 is 0. The summed E-state index contributed by atoms with van der Waals surface area (Å²) in [6.07, 6.45) is 2.77. The Labute approximate surface area is 120 Å². The lowest BCUT2D eigenvalue weighted by Gasteiger charge is -1.99. The van der Waals surface area contributed by atoms with Crippen molar-refractivity contribution >= 4 is 12.6 Å². The molecular formula is C15H21BN2O2. The van der Waals surface area contributed by atoms with Gasteiger partial charge in [0.25, 0.3) is 0 Å². The van der Waals surface area contributed by atoms with Gasteiger partial charge < -0.3 is 15.8 Å². The fourth-order valence-electron chi connectivity index (χ4n) is 1.54. The molecule has 0 unspecified atom stereocenters. The van der Waals surface area contributed by atoms with Crippen molar-refractivity contribution in [3.05, 3.63) is 59.4 Å². The molecule has 5 heteroatoms. The van der Waals surface area contributed by atoms with Gasteiger partial charge in [-0.15, -0.1) is 0 Å². The van der Waals surface area contributed by atoms with Gasteiger partial charge in [0.1, 0.15) is 0 Å². The molecule has 106 valence electrons. The normalized spacial score (nSPS) is 9.65. The summed E-state index contributed by atoms with van der Waals surface area (Å²) >= 11 is 0. The van der Waals surface area contributed by atoms with Crippen molar-refractivity contribution in [3.8, 4) is 0 Å². The van der Waals surface area contributed by atoms with Crippen LogP contribution in [0.4, 0.5) is 0 Å². The average Bonchev–Trinajstić information content (AvgIpc) is 2.49. The SMILES string of the molecule is CCc1ccc(B(O)O)cc1.Cc1ccc(CN)cn1. The Morgan fingerprint density at radius 1 is 1.05 bits per heavy atom. The van der Waals surface area contributed by atoms with Crippen molar-refractivity contribution < 1.29 is 10.0 Å². The Hall–Kier alpha value is -1.69. The maximum absolute atomic E-state index is 8.74. The first-order chi connectivity index (χ1) is 9.56. The standard InChI is InChI=1S/C8H11BO2.C7H10N2/c1-2-7-3-5-8(6-4-7)9(10)11;1-6-2-3-7(4-8)5-9-6/h3-6,10-11H,2H2,1H3;2-3,5H,4,8H2,1H3. The van der Waals surface area contributed by atoms with Gasteiger partial charge in [0.2, 0.25) is 0 Å². The molecule has 0 saturated heterocycles. The number of hydrogen-bond donors (Lipinski definition) is 3. The third-order valence-corrected chi connectivity index (χ3v) is 2.89. The van der Waals surface area contributed by atoms with Gasteiger partial charge in [0, 0.05) is 18.4 Å². The summed E-state index contributed by atoms with van der Waals surface area (Å²) in [5.74, 6) is 0. The van der Waals surface area contributed by atoms with Crippen molar-refractivity contribution in [3.63, 3.8) is 0 Å². The lowest BCUT2D eigenvalue weighted by Crippen LogP contribution is -2.29. The molecule has 20 heavy (non-hydrogen) atoms. The molecule has 0 atom stereocenters. The van der Waals surface area contributed by atoms with Crippen LogP contribution in [0.15, 0.2) is 42.6 Å². The summed E-state index contributed by atoms with van der Waals surface area (Å²) in [6, 6.07) is 11.2. The minimum absolute atomic E-state index is 0.544. The van der Waals surface area contributed by atoms with Crippen molar-refractivity contribution in [1.29, 1.82) is 0 Å². The first kappa shape index (κ1) is 16.4. The van der Waals surface area contributed by atoms with Crippen molar-refractivity contribution in [1.82, 2.24) is 4.98 Å². The third-order valence-electron chi connectivity index (χ3n) is 2.89. The summed E-state index contributed by atoms with van der Waals surface area (Å²) in [4.78, 5) is 4.07. The molecule has 0 fully saturated rings. The zero-order valence-corrected chi connectivity index (χ0v) is 12.0. The molecule has 4 nitrogen and oxygen atoms in total. The fraction of sp³-hybridized carbons (Fsp3) is 0.267. The molecule has 0 spiro atoms. The molecule has 0 radical (unpaired) electrons. The van der Waals surface area contributed by atoms with Crippen LogP contribution in [0.3, 0.4) is 0 Å². The van der Waals surface area contributed by atoms with E-state index in [1.165, 1.54) is 5.56 Å². The zero-order valence-electron chi connectivity index (χ0n) is 12.0. The molecule has 4 N–H and O–H groups in total. The summed E-state index contributed by atoms with van der Waals surface area (Å²) in [6.45, 7) is 4.60. The molecule has 0 saturated carbocycles. The maximum atomic E-state index is 8.74. The highest BCUT2D eigenvalue weighted by molar-refractivity contribution is 6.58. The molecule has 0 aliphatic rings. The van der Waals surface area contributed by atoms with Gasteiger partial charge in [-0.1, -0.05) is 37.3 Å². The Morgan fingerprint density at radius 2 is 1.65 bits per heavy atom. The average molecular weight is 272 g/mol. The van der Waals surface area contributed by atoms with E-state index < -0.39 is 7.12 Å². The highest BCUT2D eigenvalue weighted by Gasteiger charge is 2.08. The predicted molar refractivity (Wildman–Crippen MR) is 82.5 cm³/mol. The summed E-state index contributed by atoms with van der Waals surface area (Å²) in [7, 11) is -1.35. The molecule has 2 rings (SSSR count). The number of hydrogen-bond acceptors (Lipinski definition) is 4. The Morgan fingerprint density at radius 3 is 2.05 bits per heavy atom. The van der Waals surface area contributed by atoms with Crippen LogP contribution < -0.4 is 11.2 Å². The molecule has 1 heterocycles. The molecule has 1 aromatic carbocycles. The van der Waals surface area contributed by atoms with Gasteiger partial charge >= 0.3 is 7.12 Å². The first-order valence-corrected chi connectivity index (χ1v) is 6.63. The number of pyridine rings is 1. The van der Waals surface area contributed by atoms with Gasteiger partial charge in [-0.2, -0.15) is 0 Å². The van der Waals surface area contributed by atoms with E-state index in [2.05, 4.69) is 11.9 Å². The largest absolute Gasteiger partial charge is 0.488 e. The Balaban J connectivity index is 0.000000204. The van der Waals surface area contributed by atoms with E-state index in [-0.39, 0.29) is 0 Å². The van der Waals surface area contributed by atoms with Crippen LogP contribution in [0.5, 0.6) is 0 Å². The highest BCUT2D eigenvalue weighted by atomic mass is 16.4. The van der Waals surface area contributed by atoms with Crippen molar-refractivity contribution in [2.75, 3.05) is 0 Å². The molecule has 0 bridgehead atoms. The number of nitrogens with zero attached hydrogens (tertiary/aromatic N) is 1. The molecule has 2 aromatic rings. The van der Waals surface area contributed by atoms with Crippen LogP contribution in [-0.4, -0.2) is 22.2 Å². The summed E-state index contributed by atoms with van der Waals surface area (Å²) in [5.41, 5.74) is 9.23. The van der Waals surface area contributed by atoms with Crippen LogP contribution >= 0.6 is 0 Å². The number of benzene rings is 1. The zero-order chi connectivity index (χ0) is 15.0. The minimum atomic E-state index is -1.35. The van der Waals surface area contributed by atoms with E-state index in [0.717, 1.165) is 17.7 Å². The van der Waals surface area contributed by atoms with E-state index in [1.807, 2.05) is 31.2 Å². The van der Waals surface area contributed by atoms with Crippen molar-refractivity contribution in [2.24, 2.45) is 5.73 Å². The fourth-order valence-corrected chi connectivity index (χ4v) is 1.54. The van der Waals surface area contributed by atoms with Gasteiger partial charge in [-0.05, 0) is 36.0 Å². The van der Waals surface area contributed by atoms with Crippen LogP contribution in [0.2, 0.25) is 0 Å². The third kappa shape index (κ3) is 5.53. The van der Waals surface area contributed by atoms with E-state index in [9.17, 15) is 0 Å². The highest BCUT2D eigenvalue weighted by Crippen LogP contribution is 1.97. The quantitative estimate of drug-likeness (QED) is 0.721. The molecule has 1 aromatic heterocycles. The van der Waals surface area contributed by atoms with Gasteiger partial charge in [-0.3, -0.25) is 4.98 Å². The minimum Gasteiger partial charge on any atom is -0.423 e. The van der Waals surface area contributed by atoms with Gasteiger partial charge in [0.05, 0.1) is 0 Å². The first-order valence-electron chi connectivity index (χ1n) is 6.63. The molecular weight excluding hydrogens is 251 g/mol. The van der Waals surface area contributed by atoms with Crippen LogP contribution in [0.25, 0.3) is 0 Å². The van der Waals surface area contributed by atoms with E-state index in [4.69, 9.17) is 15.8 Å². The monoisotopic (exact) mass is 272 g/mol. The topological polar surface area (TPSA) is 79.4 Å². The molecule has 0 aliphatic carbocycles. The van der Waals surface area contributed by atoms with E-state index in [0.29, 0.717) is 12.0 Å². The van der Waals surface area contributed by atoms with Crippen LogP contribution in [0.1, 0.15) is 23.7 Å². The van der Waals surface area contributed by atoms with E-state index >= 15 is 0 Å². The predicted octanol–water partition coefficient (Wildman–Crippen LogP) is 0.778. The van der Waals surface area contributed by atoms with Crippen LogP contribution in [0, 0.1) is 6.92 Å². The Kier molecular flexibility index (Phi) is 6.94. The second kappa shape index (κ2) is 8.48.